The number of nitrogen functional groups attached to an aromatic ring is 1. The first-order chi connectivity index (χ1) is 8.24. The Hall–Kier alpha value is -1.62. The molecular weight excluding hydrogens is 216 g/mol. The van der Waals surface area contributed by atoms with Crippen LogP contribution in [0.25, 0.3) is 11.2 Å². The molecule has 2 N–H and O–H groups in total. The first kappa shape index (κ1) is 10.5. The number of nitrogens with zero attached hydrogens (tertiary/aromatic N) is 3. The maximum Gasteiger partial charge on any atom is 0.202 e. The number of pyridine rings is 1. The van der Waals surface area contributed by atoms with E-state index in [2.05, 4.69) is 9.97 Å². The summed E-state index contributed by atoms with van der Waals surface area (Å²) in [5.74, 6) is 0.522. The van der Waals surface area contributed by atoms with Crippen molar-refractivity contribution in [2.45, 2.75) is 32.4 Å². The molecular formula is C12H16N4O. The number of fused-ring (bicyclic) bond motifs is 1. The van der Waals surface area contributed by atoms with Gasteiger partial charge in [0.15, 0.2) is 5.65 Å². The minimum absolute atomic E-state index is 0.247. The van der Waals surface area contributed by atoms with Gasteiger partial charge in [-0.15, -0.1) is 0 Å². The highest BCUT2D eigenvalue weighted by Gasteiger charge is 2.19. The average molecular weight is 232 g/mol. The second-order valence-corrected chi connectivity index (χ2v) is 4.51. The van der Waals surface area contributed by atoms with Crippen molar-refractivity contribution in [3.05, 3.63) is 17.8 Å². The molecule has 1 saturated heterocycles. The minimum Gasteiger partial charge on any atom is -0.376 e. The van der Waals surface area contributed by atoms with Gasteiger partial charge in [0, 0.05) is 12.3 Å². The van der Waals surface area contributed by atoms with E-state index in [0.29, 0.717) is 5.95 Å². The number of rotatable bonds is 2. The Morgan fingerprint density at radius 3 is 3.12 bits per heavy atom. The molecule has 0 bridgehead atoms. The number of aryl methyl sites for hydroxylation is 1. The Morgan fingerprint density at radius 1 is 1.47 bits per heavy atom. The largest absolute Gasteiger partial charge is 0.376 e. The van der Waals surface area contributed by atoms with E-state index in [1.54, 1.807) is 0 Å². The van der Waals surface area contributed by atoms with Gasteiger partial charge >= 0.3 is 0 Å². The van der Waals surface area contributed by atoms with Crippen molar-refractivity contribution < 1.29 is 4.74 Å². The van der Waals surface area contributed by atoms with Crippen LogP contribution in [0.1, 0.15) is 18.5 Å². The lowest BCUT2D eigenvalue weighted by Gasteiger charge is -2.11. The summed E-state index contributed by atoms with van der Waals surface area (Å²) in [6, 6.07) is 3.91. The van der Waals surface area contributed by atoms with E-state index in [-0.39, 0.29) is 6.10 Å². The van der Waals surface area contributed by atoms with Gasteiger partial charge in [0.05, 0.1) is 12.6 Å². The molecule has 17 heavy (non-hydrogen) atoms. The molecule has 1 aliphatic rings. The fourth-order valence-corrected chi connectivity index (χ4v) is 2.29. The van der Waals surface area contributed by atoms with Crippen LogP contribution in [0.2, 0.25) is 0 Å². The zero-order valence-electron chi connectivity index (χ0n) is 9.89. The highest BCUT2D eigenvalue weighted by molar-refractivity contribution is 5.74. The van der Waals surface area contributed by atoms with Crippen LogP contribution in [-0.2, 0) is 11.3 Å². The molecule has 0 spiro atoms. The molecule has 2 aromatic rings. The fraction of sp³-hybridized carbons (Fsp3) is 0.500. The van der Waals surface area contributed by atoms with Crippen molar-refractivity contribution in [2.75, 3.05) is 12.3 Å². The van der Waals surface area contributed by atoms with Gasteiger partial charge in [0.1, 0.15) is 5.52 Å². The number of anilines is 1. The summed E-state index contributed by atoms with van der Waals surface area (Å²) in [7, 11) is 0. The summed E-state index contributed by atoms with van der Waals surface area (Å²) < 4.78 is 7.59. The summed E-state index contributed by atoms with van der Waals surface area (Å²) in [4.78, 5) is 8.82. The van der Waals surface area contributed by atoms with Crippen LogP contribution >= 0.6 is 0 Å². The topological polar surface area (TPSA) is 66.0 Å². The number of aromatic nitrogens is 3. The quantitative estimate of drug-likeness (QED) is 0.852. The van der Waals surface area contributed by atoms with Crippen LogP contribution in [0.5, 0.6) is 0 Å². The fourth-order valence-electron chi connectivity index (χ4n) is 2.29. The Kier molecular flexibility index (Phi) is 2.48. The molecule has 0 radical (unpaired) electrons. The Bertz CT molecular complexity index is 543. The maximum absolute atomic E-state index is 5.94. The van der Waals surface area contributed by atoms with E-state index >= 15 is 0 Å². The van der Waals surface area contributed by atoms with Crippen LogP contribution < -0.4 is 5.73 Å². The molecule has 1 atom stereocenters. The zero-order valence-corrected chi connectivity index (χ0v) is 9.89. The van der Waals surface area contributed by atoms with E-state index in [1.165, 1.54) is 0 Å². The van der Waals surface area contributed by atoms with Crippen molar-refractivity contribution in [1.82, 2.24) is 14.5 Å². The standard InChI is InChI=1S/C12H16N4O/c1-8-4-5-10-11(14-8)16(12(13)15-10)7-9-3-2-6-17-9/h4-5,9H,2-3,6-7H2,1H3,(H2,13,15). The van der Waals surface area contributed by atoms with E-state index in [9.17, 15) is 0 Å². The molecule has 0 amide bonds. The van der Waals surface area contributed by atoms with Crippen molar-refractivity contribution >= 4 is 17.1 Å². The third kappa shape index (κ3) is 1.86. The van der Waals surface area contributed by atoms with Gasteiger partial charge in [0.2, 0.25) is 5.95 Å². The van der Waals surface area contributed by atoms with Crippen molar-refractivity contribution in [3.63, 3.8) is 0 Å². The van der Waals surface area contributed by atoms with Crippen LogP contribution in [0.3, 0.4) is 0 Å². The van der Waals surface area contributed by atoms with Gasteiger partial charge in [-0.25, -0.2) is 9.97 Å². The van der Waals surface area contributed by atoms with Crippen LogP contribution in [-0.4, -0.2) is 27.2 Å². The molecule has 0 saturated carbocycles. The van der Waals surface area contributed by atoms with Crippen molar-refractivity contribution in [1.29, 1.82) is 0 Å². The van der Waals surface area contributed by atoms with E-state index in [1.807, 2.05) is 23.6 Å². The van der Waals surface area contributed by atoms with E-state index < -0.39 is 0 Å². The zero-order chi connectivity index (χ0) is 11.8. The van der Waals surface area contributed by atoms with Crippen molar-refractivity contribution in [3.8, 4) is 0 Å². The molecule has 1 unspecified atom stereocenters. The molecule has 0 aliphatic carbocycles. The number of hydrogen-bond acceptors (Lipinski definition) is 4. The highest BCUT2D eigenvalue weighted by atomic mass is 16.5. The third-order valence-electron chi connectivity index (χ3n) is 3.17. The number of nitrogens with two attached hydrogens (primary N) is 1. The third-order valence-corrected chi connectivity index (χ3v) is 3.17. The van der Waals surface area contributed by atoms with Gasteiger partial charge in [-0.05, 0) is 31.9 Å². The molecule has 3 rings (SSSR count). The lowest BCUT2D eigenvalue weighted by Crippen LogP contribution is -2.16. The first-order valence-corrected chi connectivity index (χ1v) is 5.95. The van der Waals surface area contributed by atoms with Crippen molar-refractivity contribution in [2.24, 2.45) is 0 Å². The molecule has 0 aromatic carbocycles. The first-order valence-electron chi connectivity index (χ1n) is 5.95. The second-order valence-electron chi connectivity index (χ2n) is 4.51. The molecule has 5 heteroatoms. The Balaban J connectivity index is 2.01. The summed E-state index contributed by atoms with van der Waals surface area (Å²) in [6.45, 7) is 3.57. The maximum atomic E-state index is 5.94. The monoisotopic (exact) mass is 232 g/mol. The number of ether oxygens (including phenoxy) is 1. The molecule has 2 aromatic heterocycles. The molecule has 1 aliphatic heterocycles. The minimum atomic E-state index is 0.247. The Labute approximate surface area is 99.6 Å². The SMILES string of the molecule is Cc1ccc2nc(N)n(CC3CCCO3)c2n1. The summed E-state index contributed by atoms with van der Waals surface area (Å²) in [5, 5.41) is 0. The van der Waals surface area contributed by atoms with E-state index in [4.69, 9.17) is 10.5 Å². The van der Waals surface area contributed by atoms with Gasteiger partial charge in [-0.1, -0.05) is 0 Å². The normalized spacial score (nSPS) is 20.2. The Morgan fingerprint density at radius 2 is 2.35 bits per heavy atom. The van der Waals surface area contributed by atoms with Crippen LogP contribution in [0, 0.1) is 6.92 Å². The van der Waals surface area contributed by atoms with Gasteiger partial charge in [0.25, 0.3) is 0 Å². The summed E-state index contributed by atoms with van der Waals surface area (Å²) in [5.41, 5.74) is 8.63. The number of hydrogen-bond donors (Lipinski definition) is 1. The van der Waals surface area contributed by atoms with Gasteiger partial charge < -0.3 is 10.5 Å². The van der Waals surface area contributed by atoms with Gasteiger partial charge in [-0.2, -0.15) is 0 Å². The molecule has 5 nitrogen and oxygen atoms in total. The lowest BCUT2D eigenvalue weighted by molar-refractivity contribution is 0.0982. The second kappa shape index (κ2) is 4.00. The molecule has 90 valence electrons. The summed E-state index contributed by atoms with van der Waals surface area (Å²) in [6.07, 6.45) is 2.46. The molecule has 3 heterocycles. The van der Waals surface area contributed by atoms with Crippen LogP contribution in [0.15, 0.2) is 12.1 Å². The predicted molar refractivity (Wildman–Crippen MR) is 65.7 cm³/mol. The highest BCUT2D eigenvalue weighted by Crippen LogP contribution is 2.20. The van der Waals surface area contributed by atoms with Gasteiger partial charge in [-0.3, -0.25) is 4.57 Å². The smallest absolute Gasteiger partial charge is 0.202 e. The van der Waals surface area contributed by atoms with Crippen LogP contribution in [0.4, 0.5) is 5.95 Å². The molecule has 1 fully saturated rings. The number of imidazole rings is 1. The summed E-state index contributed by atoms with van der Waals surface area (Å²) >= 11 is 0. The lowest BCUT2D eigenvalue weighted by atomic mass is 10.2. The van der Waals surface area contributed by atoms with E-state index in [0.717, 1.165) is 42.9 Å². The average Bonchev–Trinajstić information content (AvgIpc) is 2.90. The predicted octanol–water partition coefficient (Wildman–Crippen LogP) is 1.50.